The molecule has 38 heavy (non-hydrogen) atoms. The fourth-order valence-electron chi connectivity index (χ4n) is 5.19. The molecule has 198 valence electrons. The number of hydrogen-bond donors (Lipinski definition) is 2. The average molecular weight is 520 g/mol. The summed E-state index contributed by atoms with van der Waals surface area (Å²) < 4.78 is 12.1. The molecule has 1 saturated heterocycles. The number of anilines is 1. The second-order valence-corrected chi connectivity index (χ2v) is 9.49. The van der Waals surface area contributed by atoms with E-state index in [9.17, 15) is 19.2 Å². The van der Waals surface area contributed by atoms with Gasteiger partial charge in [0, 0.05) is 19.5 Å². The number of aryl methyl sites for hydroxylation is 1. The Morgan fingerprint density at radius 1 is 1.11 bits per heavy atom. The summed E-state index contributed by atoms with van der Waals surface area (Å²) in [4.78, 5) is 57.0. The fourth-order valence-corrected chi connectivity index (χ4v) is 5.19. The number of carbonyl (C=O) groups is 3. The average Bonchev–Trinajstić information content (AvgIpc) is 2.89. The van der Waals surface area contributed by atoms with Gasteiger partial charge in [0.05, 0.1) is 31.8 Å². The van der Waals surface area contributed by atoms with Crippen LogP contribution in [0.4, 0.5) is 5.69 Å². The first-order valence-electron chi connectivity index (χ1n) is 12.4. The Morgan fingerprint density at radius 3 is 2.55 bits per heavy atom. The summed E-state index contributed by atoms with van der Waals surface area (Å²) in [5.74, 6) is 0.569. The fraction of sp³-hybridized carbons (Fsp3) is 0.370. The molecule has 0 aliphatic carbocycles. The highest BCUT2D eigenvalue weighted by Crippen LogP contribution is 2.33. The number of piperidine rings is 1. The number of aromatic nitrogens is 2. The predicted octanol–water partition coefficient (Wildman–Crippen LogP) is 1.70. The Hall–Kier alpha value is -4.25. The number of imide groups is 1. The molecule has 2 aliphatic heterocycles. The van der Waals surface area contributed by atoms with Gasteiger partial charge in [0.15, 0.2) is 11.5 Å². The highest BCUT2D eigenvalue weighted by molar-refractivity contribution is 6.01. The minimum absolute atomic E-state index is 0.151. The second kappa shape index (κ2) is 10.3. The molecular formula is C27H29N5O6. The van der Waals surface area contributed by atoms with Crippen LogP contribution in [0.2, 0.25) is 0 Å². The summed E-state index contributed by atoms with van der Waals surface area (Å²) in [7, 11) is 3.20. The Morgan fingerprint density at radius 2 is 1.84 bits per heavy atom. The summed E-state index contributed by atoms with van der Waals surface area (Å²) in [5.41, 5.74) is 2.63. The van der Waals surface area contributed by atoms with E-state index in [0.29, 0.717) is 41.6 Å². The minimum atomic E-state index is -0.809. The minimum Gasteiger partial charge on any atom is -0.493 e. The molecule has 3 heterocycles. The van der Waals surface area contributed by atoms with Crippen molar-refractivity contribution in [2.45, 2.75) is 38.8 Å². The van der Waals surface area contributed by atoms with E-state index in [4.69, 9.17) is 9.47 Å². The molecule has 2 aromatic carbocycles. The lowest BCUT2D eigenvalue weighted by Gasteiger charge is -2.29. The van der Waals surface area contributed by atoms with Gasteiger partial charge in [-0.15, -0.1) is 0 Å². The molecular weight excluding hydrogens is 490 g/mol. The maximum Gasteiger partial charge on any atom is 0.262 e. The van der Waals surface area contributed by atoms with Gasteiger partial charge >= 0.3 is 0 Å². The van der Waals surface area contributed by atoms with Crippen LogP contribution in [0, 0.1) is 6.92 Å². The quantitative estimate of drug-likeness (QED) is 0.471. The molecule has 2 aliphatic rings. The summed E-state index contributed by atoms with van der Waals surface area (Å²) >= 11 is 0. The predicted molar refractivity (Wildman–Crippen MR) is 139 cm³/mol. The monoisotopic (exact) mass is 519 g/mol. The van der Waals surface area contributed by atoms with Crippen LogP contribution in [0.15, 0.2) is 35.1 Å². The number of nitrogens with zero attached hydrogens (tertiary/aromatic N) is 3. The first-order chi connectivity index (χ1) is 18.3. The number of hydrogen-bond acceptors (Lipinski definition) is 8. The molecule has 0 spiro atoms. The third kappa shape index (κ3) is 4.72. The lowest BCUT2D eigenvalue weighted by Crippen LogP contribution is -2.45. The Balaban J connectivity index is 1.35. The van der Waals surface area contributed by atoms with E-state index in [2.05, 4.69) is 15.6 Å². The van der Waals surface area contributed by atoms with Gasteiger partial charge < -0.3 is 14.8 Å². The summed E-state index contributed by atoms with van der Waals surface area (Å²) in [6.45, 7) is 3.10. The van der Waals surface area contributed by atoms with Crippen molar-refractivity contribution in [3.8, 4) is 11.5 Å². The standard InChI is InChI=1S/C27H29N5O6/c1-15-28-25-18(27(36)32(15)20-7-8-23(33)30-26(20)35)5-4-6-19(25)29-24(34)14-31-10-9-16-11-21(37-2)22(38-3)12-17(16)13-31/h4-6,11-12,20H,7-10,13-14H2,1-3H3,(H,29,34)(H,30,33,35). The van der Waals surface area contributed by atoms with Crippen molar-refractivity contribution in [3.05, 3.63) is 57.6 Å². The van der Waals surface area contributed by atoms with Gasteiger partial charge in [-0.3, -0.25) is 34.0 Å². The first-order valence-corrected chi connectivity index (χ1v) is 12.4. The summed E-state index contributed by atoms with van der Waals surface area (Å²) in [5, 5.41) is 5.47. The smallest absolute Gasteiger partial charge is 0.262 e. The Labute approximate surface area is 218 Å². The number of ether oxygens (including phenoxy) is 2. The molecule has 1 fully saturated rings. The van der Waals surface area contributed by atoms with Gasteiger partial charge in [0.1, 0.15) is 17.4 Å². The van der Waals surface area contributed by atoms with Crippen molar-refractivity contribution in [1.82, 2.24) is 19.8 Å². The zero-order valence-corrected chi connectivity index (χ0v) is 21.5. The Kier molecular flexibility index (Phi) is 6.85. The molecule has 0 saturated carbocycles. The molecule has 0 bridgehead atoms. The first kappa shape index (κ1) is 25.4. The lowest BCUT2D eigenvalue weighted by atomic mass is 9.99. The third-order valence-corrected chi connectivity index (χ3v) is 7.07. The topological polar surface area (TPSA) is 132 Å². The van der Waals surface area contributed by atoms with Crippen LogP contribution in [0.25, 0.3) is 10.9 Å². The lowest BCUT2D eigenvalue weighted by molar-refractivity contribution is -0.135. The van der Waals surface area contributed by atoms with E-state index in [-0.39, 0.29) is 36.6 Å². The molecule has 5 rings (SSSR count). The molecule has 11 nitrogen and oxygen atoms in total. The van der Waals surface area contributed by atoms with Crippen molar-refractivity contribution in [1.29, 1.82) is 0 Å². The van der Waals surface area contributed by atoms with Crippen LogP contribution >= 0.6 is 0 Å². The van der Waals surface area contributed by atoms with Crippen LogP contribution in [0.1, 0.15) is 35.8 Å². The van der Waals surface area contributed by atoms with Gasteiger partial charge in [-0.1, -0.05) is 6.07 Å². The van der Waals surface area contributed by atoms with Crippen molar-refractivity contribution >= 4 is 34.3 Å². The molecule has 0 radical (unpaired) electrons. The van der Waals surface area contributed by atoms with Crippen LogP contribution in [-0.4, -0.2) is 59.5 Å². The normalized spacial score (nSPS) is 17.6. The van der Waals surface area contributed by atoms with E-state index in [1.807, 2.05) is 17.0 Å². The number of methoxy groups -OCH3 is 2. The van der Waals surface area contributed by atoms with E-state index in [0.717, 1.165) is 12.0 Å². The molecule has 1 atom stereocenters. The van der Waals surface area contributed by atoms with Gasteiger partial charge in [-0.05, 0) is 55.2 Å². The molecule has 3 amide bonds. The number of amides is 3. The van der Waals surface area contributed by atoms with Crippen LogP contribution < -0.4 is 25.7 Å². The van der Waals surface area contributed by atoms with Gasteiger partial charge in [0.25, 0.3) is 5.56 Å². The summed E-state index contributed by atoms with van der Waals surface area (Å²) in [6.07, 6.45) is 1.15. The number of fused-ring (bicyclic) bond motifs is 2. The molecule has 3 aromatic rings. The van der Waals surface area contributed by atoms with E-state index < -0.39 is 17.5 Å². The SMILES string of the molecule is COc1cc2c(cc1OC)CN(CC(=O)Nc1cccc3c(=O)n(C4CCC(=O)NC4=O)c(C)nc13)CC2. The zero-order valence-electron chi connectivity index (χ0n) is 21.5. The molecule has 1 unspecified atom stereocenters. The third-order valence-electron chi connectivity index (χ3n) is 7.07. The highest BCUT2D eigenvalue weighted by Gasteiger charge is 2.31. The van der Waals surface area contributed by atoms with E-state index >= 15 is 0 Å². The number of benzene rings is 2. The van der Waals surface area contributed by atoms with Crippen LogP contribution in [-0.2, 0) is 27.3 Å². The zero-order chi connectivity index (χ0) is 27.0. The van der Waals surface area contributed by atoms with Crippen LogP contribution in [0.3, 0.4) is 0 Å². The molecule has 2 N–H and O–H groups in total. The summed E-state index contributed by atoms with van der Waals surface area (Å²) in [6, 6.07) is 8.11. The van der Waals surface area contributed by atoms with Gasteiger partial charge in [0.2, 0.25) is 17.7 Å². The maximum atomic E-state index is 13.4. The number of para-hydroxylation sites is 1. The van der Waals surface area contributed by atoms with Gasteiger partial charge in [-0.2, -0.15) is 0 Å². The number of rotatable bonds is 6. The van der Waals surface area contributed by atoms with Crippen LogP contribution in [0.5, 0.6) is 11.5 Å². The van der Waals surface area contributed by atoms with E-state index in [1.165, 1.54) is 10.1 Å². The number of nitrogens with one attached hydrogen (secondary N) is 2. The van der Waals surface area contributed by atoms with Crippen molar-refractivity contribution in [3.63, 3.8) is 0 Å². The van der Waals surface area contributed by atoms with E-state index in [1.54, 1.807) is 39.3 Å². The molecule has 1 aromatic heterocycles. The van der Waals surface area contributed by atoms with Crippen molar-refractivity contribution in [2.24, 2.45) is 0 Å². The number of carbonyl (C=O) groups excluding carboxylic acids is 3. The molecule has 11 heteroatoms. The van der Waals surface area contributed by atoms with Gasteiger partial charge in [-0.25, -0.2) is 4.98 Å². The highest BCUT2D eigenvalue weighted by atomic mass is 16.5. The second-order valence-electron chi connectivity index (χ2n) is 9.49. The van der Waals surface area contributed by atoms with Crippen molar-refractivity contribution < 1.29 is 23.9 Å². The maximum absolute atomic E-state index is 13.4. The largest absolute Gasteiger partial charge is 0.493 e. The van der Waals surface area contributed by atoms with Crippen molar-refractivity contribution in [2.75, 3.05) is 32.6 Å². The Bertz CT molecular complexity index is 1510.